The van der Waals surface area contributed by atoms with E-state index in [0.717, 1.165) is 0 Å². The van der Waals surface area contributed by atoms with E-state index in [9.17, 15) is 4.79 Å². The average Bonchev–Trinajstić information content (AvgIpc) is 2.29. The quantitative estimate of drug-likeness (QED) is 0.659. The molecular formula is C14H19ClN2O2S. The Kier molecular flexibility index (Phi) is 5.77. The van der Waals surface area contributed by atoms with Gasteiger partial charge in [0.05, 0.1) is 22.9 Å². The molecular weight excluding hydrogens is 296 g/mol. The predicted molar refractivity (Wildman–Crippen MR) is 86.5 cm³/mol. The molecule has 0 saturated carbocycles. The van der Waals surface area contributed by atoms with E-state index < -0.39 is 0 Å². The van der Waals surface area contributed by atoms with Gasteiger partial charge in [0.1, 0.15) is 0 Å². The molecule has 0 saturated heterocycles. The maximum atomic E-state index is 11.7. The number of thiocarbonyl (C=S) groups is 1. The van der Waals surface area contributed by atoms with Crippen LogP contribution in [-0.4, -0.2) is 23.2 Å². The smallest absolute Gasteiger partial charge is 0.338 e. The fourth-order valence-corrected chi connectivity index (χ4v) is 2.04. The van der Waals surface area contributed by atoms with Crippen LogP contribution < -0.4 is 10.6 Å². The standard InChI is InChI=1S/C14H19ClN2O2S/c1-5-19-12(18)9-6-7-10(15)11(8-9)16-13(20)17-14(2,3)4/h6-8H,5H2,1-4H3,(H2,16,17,20). The molecule has 0 spiro atoms. The van der Waals surface area contributed by atoms with Crippen LogP contribution in [0.25, 0.3) is 0 Å². The maximum Gasteiger partial charge on any atom is 0.338 e. The third-order valence-corrected chi connectivity index (χ3v) is 2.75. The van der Waals surface area contributed by atoms with Crippen molar-refractivity contribution in [2.24, 2.45) is 0 Å². The molecule has 0 heterocycles. The lowest BCUT2D eigenvalue weighted by Crippen LogP contribution is -2.43. The van der Waals surface area contributed by atoms with Gasteiger partial charge in [0.25, 0.3) is 0 Å². The number of nitrogens with one attached hydrogen (secondary N) is 2. The van der Waals surface area contributed by atoms with Crippen LogP contribution in [0.2, 0.25) is 5.02 Å². The van der Waals surface area contributed by atoms with Gasteiger partial charge in [-0.2, -0.15) is 0 Å². The monoisotopic (exact) mass is 314 g/mol. The molecule has 110 valence electrons. The summed E-state index contributed by atoms with van der Waals surface area (Å²) >= 11 is 11.3. The van der Waals surface area contributed by atoms with Crippen LogP contribution in [-0.2, 0) is 4.74 Å². The number of rotatable bonds is 3. The summed E-state index contributed by atoms with van der Waals surface area (Å²) in [7, 11) is 0. The Balaban J connectivity index is 2.87. The van der Waals surface area contributed by atoms with Crippen LogP contribution in [0.5, 0.6) is 0 Å². The SMILES string of the molecule is CCOC(=O)c1ccc(Cl)c(NC(=S)NC(C)(C)C)c1. The summed E-state index contributed by atoms with van der Waals surface area (Å²) in [6.45, 7) is 8.08. The Labute approximate surface area is 129 Å². The topological polar surface area (TPSA) is 50.4 Å². The van der Waals surface area contributed by atoms with E-state index >= 15 is 0 Å². The lowest BCUT2D eigenvalue weighted by Gasteiger charge is -2.23. The van der Waals surface area contributed by atoms with E-state index in [2.05, 4.69) is 10.6 Å². The third-order valence-electron chi connectivity index (χ3n) is 2.21. The zero-order chi connectivity index (χ0) is 15.3. The molecule has 0 aliphatic carbocycles. The molecule has 4 nitrogen and oxygen atoms in total. The van der Waals surface area contributed by atoms with Gasteiger partial charge in [-0.05, 0) is 58.1 Å². The summed E-state index contributed by atoms with van der Waals surface area (Å²) < 4.78 is 4.95. The Bertz CT molecular complexity index is 512. The molecule has 2 N–H and O–H groups in total. The van der Waals surface area contributed by atoms with E-state index in [1.165, 1.54) is 0 Å². The number of carbonyl (C=O) groups is 1. The van der Waals surface area contributed by atoms with Gasteiger partial charge in [0.2, 0.25) is 0 Å². The van der Waals surface area contributed by atoms with Gasteiger partial charge in [-0.15, -0.1) is 0 Å². The van der Waals surface area contributed by atoms with Crippen molar-refractivity contribution < 1.29 is 9.53 Å². The second-order valence-electron chi connectivity index (χ2n) is 5.24. The first kappa shape index (κ1) is 16.7. The highest BCUT2D eigenvalue weighted by Crippen LogP contribution is 2.23. The van der Waals surface area contributed by atoms with Crippen LogP contribution >= 0.6 is 23.8 Å². The van der Waals surface area contributed by atoms with E-state index in [0.29, 0.717) is 28.0 Å². The minimum Gasteiger partial charge on any atom is -0.462 e. The first-order valence-corrected chi connectivity index (χ1v) is 7.07. The highest BCUT2D eigenvalue weighted by Gasteiger charge is 2.14. The molecule has 6 heteroatoms. The summed E-state index contributed by atoms with van der Waals surface area (Å²) in [5.74, 6) is -0.387. The highest BCUT2D eigenvalue weighted by atomic mass is 35.5. The first-order valence-electron chi connectivity index (χ1n) is 6.29. The van der Waals surface area contributed by atoms with Crippen molar-refractivity contribution in [3.63, 3.8) is 0 Å². The van der Waals surface area contributed by atoms with Crippen molar-refractivity contribution in [3.05, 3.63) is 28.8 Å². The van der Waals surface area contributed by atoms with Crippen LogP contribution in [0.4, 0.5) is 5.69 Å². The Morgan fingerprint density at radius 3 is 2.60 bits per heavy atom. The molecule has 0 aliphatic rings. The molecule has 0 fully saturated rings. The first-order chi connectivity index (χ1) is 9.23. The minimum atomic E-state index is -0.387. The Morgan fingerprint density at radius 2 is 2.05 bits per heavy atom. The minimum absolute atomic E-state index is 0.157. The molecule has 0 amide bonds. The van der Waals surface area contributed by atoms with E-state index in [1.54, 1.807) is 25.1 Å². The van der Waals surface area contributed by atoms with Gasteiger partial charge in [-0.3, -0.25) is 0 Å². The van der Waals surface area contributed by atoms with Gasteiger partial charge < -0.3 is 15.4 Å². The predicted octanol–water partition coefficient (Wildman–Crippen LogP) is 3.60. The van der Waals surface area contributed by atoms with Crippen molar-refractivity contribution >= 4 is 40.6 Å². The summed E-state index contributed by atoms with van der Waals surface area (Å²) in [5.41, 5.74) is 0.839. The third kappa shape index (κ3) is 5.35. The maximum absolute atomic E-state index is 11.7. The van der Waals surface area contributed by atoms with E-state index in [-0.39, 0.29) is 11.5 Å². The summed E-state index contributed by atoms with van der Waals surface area (Å²) in [4.78, 5) is 11.7. The Hall–Kier alpha value is -1.33. The molecule has 20 heavy (non-hydrogen) atoms. The zero-order valence-corrected chi connectivity index (χ0v) is 13.6. The number of halogens is 1. The van der Waals surface area contributed by atoms with Crippen molar-refractivity contribution in [3.8, 4) is 0 Å². The van der Waals surface area contributed by atoms with E-state index in [4.69, 9.17) is 28.6 Å². The van der Waals surface area contributed by atoms with Crippen molar-refractivity contribution in [2.75, 3.05) is 11.9 Å². The molecule has 1 aromatic carbocycles. The van der Waals surface area contributed by atoms with Crippen LogP contribution in [0.3, 0.4) is 0 Å². The van der Waals surface area contributed by atoms with Gasteiger partial charge in [0.15, 0.2) is 5.11 Å². The molecule has 0 unspecified atom stereocenters. The average molecular weight is 315 g/mol. The fourth-order valence-electron chi connectivity index (χ4n) is 1.46. The van der Waals surface area contributed by atoms with Gasteiger partial charge in [0, 0.05) is 5.54 Å². The zero-order valence-electron chi connectivity index (χ0n) is 12.0. The Morgan fingerprint density at radius 1 is 1.40 bits per heavy atom. The van der Waals surface area contributed by atoms with Crippen molar-refractivity contribution in [2.45, 2.75) is 33.2 Å². The number of carbonyl (C=O) groups excluding carboxylic acids is 1. The summed E-state index contributed by atoms with van der Waals surface area (Å²) in [6.07, 6.45) is 0. The van der Waals surface area contributed by atoms with Gasteiger partial charge in [-0.25, -0.2) is 4.79 Å². The number of anilines is 1. The molecule has 0 aliphatic heterocycles. The van der Waals surface area contributed by atoms with Crippen LogP contribution in [0.15, 0.2) is 18.2 Å². The normalized spacial score (nSPS) is 10.8. The number of esters is 1. The number of hydrogen-bond donors (Lipinski definition) is 2. The highest BCUT2D eigenvalue weighted by molar-refractivity contribution is 7.80. The molecule has 1 rings (SSSR count). The lowest BCUT2D eigenvalue weighted by molar-refractivity contribution is 0.0526. The molecule has 0 atom stereocenters. The largest absolute Gasteiger partial charge is 0.462 e. The van der Waals surface area contributed by atoms with Crippen molar-refractivity contribution in [1.82, 2.24) is 5.32 Å². The van der Waals surface area contributed by atoms with Gasteiger partial charge in [-0.1, -0.05) is 11.6 Å². The summed E-state index contributed by atoms with van der Waals surface area (Å²) in [5, 5.41) is 7.03. The fraction of sp³-hybridized carbons (Fsp3) is 0.429. The molecule has 0 radical (unpaired) electrons. The molecule has 0 aromatic heterocycles. The van der Waals surface area contributed by atoms with Crippen LogP contribution in [0.1, 0.15) is 38.1 Å². The van der Waals surface area contributed by atoms with E-state index in [1.807, 2.05) is 20.8 Å². The number of ether oxygens (including phenoxy) is 1. The second kappa shape index (κ2) is 6.90. The number of benzene rings is 1. The molecule has 0 bridgehead atoms. The van der Waals surface area contributed by atoms with Crippen LogP contribution in [0, 0.1) is 0 Å². The lowest BCUT2D eigenvalue weighted by atomic mass is 10.1. The second-order valence-corrected chi connectivity index (χ2v) is 6.06. The summed E-state index contributed by atoms with van der Waals surface area (Å²) in [6, 6.07) is 4.87. The molecule has 1 aromatic rings. The van der Waals surface area contributed by atoms with Gasteiger partial charge >= 0.3 is 5.97 Å². The number of hydrogen-bond acceptors (Lipinski definition) is 3. The van der Waals surface area contributed by atoms with Crippen molar-refractivity contribution in [1.29, 1.82) is 0 Å².